The molecule has 1 aliphatic carbocycles. The number of anilines is 2. The van der Waals surface area contributed by atoms with Gasteiger partial charge in [-0.05, 0) is 55.0 Å². The predicted octanol–water partition coefficient (Wildman–Crippen LogP) is 4.37. The Morgan fingerprint density at radius 2 is 1.97 bits per heavy atom. The van der Waals surface area contributed by atoms with Crippen molar-refractivity contribution in [3.8, 4) is 0 Å². The molecule has 6 nitrogen and oxygen atoms in total. The van der Waals surface area contributed by atoms with Crippen LogP contribution in [0.3, 0.4) is 0 Å². The van der Waals surface area contributed by atoms with Crippen molar-refractivity contribution < 1.29 is 9.18 Å². The number of carbonyl (C=O) groups is 1. The molecule has 1 aromatic carbocycles. The van der Waals surface area contributed by atoms with Gasteiger partial charge in [0.15, 0.2) is 5.16 Å². The Balaban J connectivity index is 1.15. The van der Waals surface area contributed by atoms with Crippen LogP contribution in [0.2, 0.25) is 0 Å². The SMILES string of the molecule is CC1CCc2c(sc3nc(SCCC(=O)N4CCN(c5ccc(F)cc5)CC4)nc(N)c23)C1. The summed E-state index contributed by atoms with van der Waals surface area (Å²) in [6.45, 7) is 5.15. The molecule has 0 bridgehead atoms. The average molecular weight is 486 g/mol. The van der Waals surface area contributed by atoms with E-state index < -0.39 is 0 Å². The number of benzene rings is 1. The molecule has 2 aliphatic rings. The van der Waals surface area contributed by atoms with Crippen molar-refractivity contribution in [2.24, 2.45) is 5.92 Å². The highest BCUT2D eigenvalue weighted by molar-refractivity contribution is 7.99. The highest BCUT2D eigenvalue weighted by atomic mass is 32.2. The number of carbonyl (C=O) groups excluding carboxylic acids is 1. The lowest BCUT2D eigenvalue weighted by atomic mass is 9.89. The number of piperazine rings is 1. The van der Waals surface area contributed by atoms with Gasteiger partial charge in [-0.1, -0.05) is 18.7 Å². The minimum atomic E-state index is -0.233. The van der Waals surface area contributed by atoms with Gasteiger partial charge < -0.3 is 15.5 Å². The number of thioether (sulfide) groups is 1. The largest absolute Gasteiger partial charge is 0.383 e. The van der Waals surface area contributed by atoms with Crippen molar-refractivity contribution in [1.29, 1.82) is 0 Å². The Morgan fingerprint density at radius 1 is 1.21 bits per heavy atom. The first kappa shape index (κ1) is 22.4. The van der Waals surface area contributed by atoms with Gasteiger partial charge >= 0.3 is 0 Å². The minimum Gasteiger partial charge on any atom is -0.383 e. The van der Waals surface area contributed by atoms with Gasteiger partial charge in [0.25, 0.3) is 0 Å². The minimum absolute atomic E-state index is 0.149. The van der Waals surface area contributed by atoms with Crippen LogP contribution in [0.1, 0.15) is 30.2 Å². The normalized spacial score (nSPS) is 18.5. The van der Waals surface area contributed by atoms with E-state index in [-0.39, 0.29) is 11.7 Å². The molecule has 33 heavy (non-hydrogen) atoms. The summed E-state index contributed by atoms with van der Waals surface area (Å²) < 4.78 is 13.1. The Hall–Kier alpha value is -2.39. The molecule has 3 aromatic rings. The van der Waals surface area contributed by atoms with Crippen LogP contribution in [0, 0.1) is 11.7 Å². The van der Waals surface area contributed by atoms with Gasteiger partial charge in [-0.25, -0.2) is 14.4 Å². The average Bonchev–Trinajstić information content (AvgIpc) is 3.17. The molecule has 1 saturated heterocycles. The van der Waals surface area contributed by atoms with Crippen molar-refractivity contribution in [3.05, 3.63) is 40.5 Å². The van der Waals surface area contributed by atoms with E-state index >= 15 is 0 Å². The molecular weight excluding hydrogens is 457 g/mol. The zero-order valence-corrected chi connectivity index (χ0v) is 20.4. The third-order valence-corrected chi connectivity index (χ3v) is 8.53. The fourth-order valence-electron chi connectivity index (χ4n) is 4.67. The number of thiophene rings is 1. The summed E-state index contributed by atoms with van der Waals surface area (Å²) in [5.41, 5.74) is 8.66. The standard InChI is InChI=1S/C24H28FN5OS2/c1-15-2-7-18-19(14-15)33-23-21(18)22(26)27-24(28-23)32-13-8-20(31)30-11-9-29(10-12-30)17-5-3-16(25)4-6-17/h3-6,15H,2,7-14H2,1H3,(H2,26,27,28). The summed E-state index contributed by atoms with van der Waals surface area (Å²) >= 11 is 3.25. The maximum Gasteiger partial charge on any atom is 0.223 e. The van der Waals surface area contributed by atoms with Gasteiger partial charge in [0.1, 0.15) is 16.5 Å². The summed E-state index contributed by atoms with van der Waals surface area (Å²) in [5, 5.41) is 1.70. The van der Waals surface area contributed by atoms with Crippen molar-refractivity contribution in [2.75, 3.05) is 42.6 Å². The Bertz CT molecular complexity index is 1160. The number of hydrogen-bond acceptors (Lipinski definition) is 7. The maximum atomic E-state index is 13.1. The van der Waals surface area contributed by atoms with Gasteiger partial charge in [-0.15, -0.1) is 11.3 Å². The molecule has 0 spiro atoms. The number of rotatable bonds is 5. The van der Waals surface area contributed by atoms with Crippen LogP contribution in [0.5, 0.6) is 0 Å². The molecule has 1 unspecified atom stereocenters. The number of aryl methyl sites for hydroxylation is 1. The zero-order valence-electron chi connectivity index (χ0n) is 18.7. The highest BCUT2D eigenvalue weighted by Crippen LogP contribution is 2.40. The molecule has 1 amide bonds. The lowest BCUT2D eigenvalue weighted by Crippen LogP contribution is -2.48. The first-order valence-electron chi connectivity index (χ1n) is 11.5. The van der Waals surface area contributed by atoms with Crippen molar-refractivity contribution in [1.82, 2.24) is 14.9 Å². The second-order valence-electron chi connectivity index (χ2n) is 8.87. The number of nitrogens with zero attached hydrogens (tertiary/aromatic N) is 4. The maximum absolute atomic E-state index is 13.1. The fraction of sp³-hybridized carbons (Fsp3) is 0.458. The fourth-order valence-corrected chi connectivity index (χ4v) is 6.89. The quantitative estimate of drug-likeness (QED) is 0.427. The molecular formula is C24H28FN5OS2. The molecule has 0 radical (unpaired) electrons. The zero-order chi connectivity index (χ0) is 22.9. The van der Waals surface area contributed by atoms with Crippen LogP contribution >= 0.6 is 23.1 Å². The van der Waals surface area contributed by atoms with Crippen LogP contribution in [0.15, 0.2) is 29.4 Å². The number of aromatic nitrogens is 2. The number of amides is 1. The van der Waals surface area contributed by atoms with E-state index in [4.69, 9.17) is 10.7 Å². The van der Waals surface area contributed by atoms with Gasteiger partial charge in [-0.3, -0.25) is 4.79 Å². The second kappa shape index (κ2) is 9.46. The first-order valence-corrected chi connectivity index (χ1v) is 13.3. The van der Waals surface area contributed by atoms with Crippen LogP contribution < -0.4 is 10.6 Å². The second-order valence-corrected chi connectivity index (χ2v) is 11.0. The topological polar surface area (TPSA) is 75.4 Å². The van der Waals surface area contributed by atoms with Gasteiger partial charge in [0.2, 0.25) is 5.91 Å². The summed E-state index contributed by atoms with van der Waals surface area (Å²) in [4.78, 5) is 28.5. The van der Waals surface area contributed by atoms with E-state index in [0.29, 0.717) is 42.2 Å². The van der Waals surface area contributed by atoms with Gasteiger partial charge in [-0.2, -0.15) is 0 Å². The smallest absolute Gasteiger partial charge is 0.223 e. The van der Waals surface area contributed by atoms with Crippen LogP contribution in [-0.2, 0) is 17.6 Å². The Labute approximate surface area is 201 Å². The molecule has 1 aliphatic heterocycles. The first-order chi connectivity index (χ1) is 16.0. The lowest BCUT2D eigenvalue weighted by Gasteiger charge is -2.36. The van der Waals surface area contributed by atoms with Crippen molar-refractivity contribution in [3.63, 3.8) is 0 Å². The number of hydrogen-bond donors (Lipinski definition) is 1. The summed E-state index contributed by atoms with van der Waals surface area (Å²) in [6.07, 6.45) is 3.79. The molecule has 2 aromatic heterocycles. The van der Waals surface area contributed by atoms with E-state index in [9.17, 15) is 9.18 Å². The van der Waals surface area contributed by atoms with Crippen molar-refractivity contribution in [2.45, 2.75) is 37.8 Å². The van der Waals surface area contributed by atoms with Crippen LogP contribution in [0.25, 0.3) is 10.2 Å². The lowest BCUT2D eigenvalue weighted by molar-refractivity contribution is -0.131. The molecule has 1 fully saturated rings. The number of nitrogen functional groups attached to an aromatic ring is 1. The highest BCUT2D eigenvalue weighted by Gasteiger charge is 2.24. The van der Waals surface area contributed by atoms with Gasteiger partial charge in [0, 0.05) is 48.9 Å². The number of fused-ring (bicyclic) bond motifs is 3. The molecule has 2 N–H and O–H groups in total. The molecule has 174 valence electrons. The van der Waals surface area contributed by atoms with Crippen LogP contribution in [-0.4, -0.2) is 52.7 Å². The predicted molar refractivity (Wildman–Crippen MR) is 134 cm³/mol. The Kier molecular flexibility index (Phi) is 6.42. The van der Waals surface area contributed by atoms with E-state index in [1.807, 2.05) is 4.90 Å². The van der Waals surface area contributed by atoms with E-state index in [2.05, 4.69) is 16.8 Å². The molecule has 1 atom stereocenters. The molecule has 9 heteroatoms. The third-order valence-electron chi connectivity index (χ3n) is 6.53. The Morgan fingerprint density at radius 3 is 2.73 bits per heavy atom. The van der Waals surface area contributed by atoms with Crippen LogP contribution in [0.4, 0.5) is 15.9 Å². The number of nitrogens with two attached hydrogens (primary N) is 1. The molecule has 5 rings (SSSR count). The molecule has 0 saturated carbocycles. The summed E-state index contributed by atoms with van der Waals surface area (Å²) in [5.74, 6) is 1.82. The summed E-state index contributed by atoms with van der Waals surface area (Å²) in [7, 11) is 0. The summed E-state index contributed by atoms with van der Waals surface area (Å²) in [6, 6.07) is 6.53. The molecule has 3 heterocycles. The van der Waals surface area contributed by atoms with E-state index in [1.54, 1.807) is 23.5 Å². The van der Waals surface area contributed by atoms with E-state index in [0.717, 1.165) is 41.8 Å². The monoisotopic (exact) mass is 485 g/mol. The number of halogens is 1. The van der Waals surface area contributed by atoms with E-state index in [1.165, 1.54) is 40.8 Å². The van der Waals surface area contributed by atoms with Gasteiger partial charge in [0.05, 0.1) is 5.39 Å². The van der Waals surface area contributed by atoms with Crippen molar-refractivity contribution >= 4 is 50.7 Å². The third kappa shape index (κ3) is 4.80.